The van der Waals surface area contributed by atoms with Crippen LogP contribution in [0.25, 0.3) is 0 Å². The third-order valence-electron chi connectivity index (χ3n) is 9.43. The number of nitrogens with zero attached hydrogens (tertiary/aromatic N) is 1. The quantitative estimate of drug-likeness (QED) is 0.0540. The van der Waals surface area contributed by atoms with E-state index in [0.717, 1.165) is 32.4 Å². The van der Waals surface area contributed by atoms with Gasteiger partial charge in [0.15, 0.2) is 5.79 Å². The smallest absolute Gasteiger partial charge is 0.168 e. The van der Waals surface area contributed by atoms with Crippen LogP contribution in [0.5, 0.6) is 0 Å². The Morgan fingerprint density at radius 1 is 0.523 bits per heavy atom. The molecule has 1 rings (SSSR count). The van der Waals surface area contributed by atoms with Gasteiger partial charge >= 0.3 is 0 Å². The van der Waals surface area contributed by atoms with Crippen LogP contribution in [0.4, 0.5) is 0 Å². The summed E-state index contributed by atoms with van der Waals surface area (Å²) in [6.45, 7) is 6.51. The monoisotopic (exact) mass is 618 g/mol. The molecule has 1 heterocycles. The first-order valence-electron chi connectivity index (χ1n) is 19.9. The van der Waals surface area contributed by atoms with E-state index in [0.29, 0.717) is 0 Å². The highest BCUT2D eigenvalue weighted by Crippen LogP contribution is 2.36. The first-order valence-corrected chi connectivity index (χ1v) is 19.9. The van der Waals surface area contributed by atoms with Gasteiger partial charge in [-0.25, -0.2) is 0 Å². The Kier molecular flexibility index (Phi) is 29.1. The van der Waals surface area contributed by atoms with Gasteiger partial charge in [-0.2, -0.15) is 0 Å². The molecule has 3 nitrogen and oxygen atoms in total. The zero-order valence-electron chi connectivity index (χ0n) is 30.6. The van der Waals surface area contributed by atoms with Gasteiger partial charge in [-0.15, -0.1) is 0 Å². The fourth-order valence-corrected chi connectivity index (χ4v) is 6.53. The molecule has 1 saturated heterocycles. The number of ether oxygens (including phenoxy) is 2. The van der Waals surface area contributed by atoms with Crippen molar-refractivity contribution in [3.05, 3.63) is 24.3 Å². The van der Waals surface area contributed by atoms with Crippen LogP contribution < -0.4 is 0 Å². The van der Waals surface area contributed by atoms with Crippen LogP contribution in [0.1, 0.15) is 200 Å². The summed E-state index contributed by atoms with van der Waals surface area (Å²) < 4.78 is 13.2. The minimum atomic E-state index is -0.304. The van der Waals surface area contributed by atoms with Gasteiger partial charge in [0.2, 0.25) is 0 Å². The molecular weight excluding hydrogens is 538 g/mol. The molecule has 0 radical (unpaired) electrons. The Morgan fingerprint density at radius 2 is 0.909 bits per heavy atom. The van der Waals surface area contributed by atoms with Gasteiger partial charge in [-0.3, -0.25) is 0 Å². The first-order chi connectivity index (χ1) is 21.6. The summed E-state index contributed by atoms with van der Waals surface area (Å²) in [7, 11) is 4.32. The van der Waals surface area contributed by atoms with E-state index in [1.807, 2.05) is 0 Å². The van der Waals surface area contributed by atoms with Crippen molar-refractivity contribution in [1.29, 1.82) is 0 Å². The second kappa shape index (κ2) is 31.0. The molecular formula is C41H79NO2. The Labute approximate surface area is 277 Å². The second-order valence-electron chi connectivity index (χ2n) is 14.2. The van der Waals surface area contributed by atoms with Crippen LogP contribution in [0.3, 0.4) is 0 Å². The van der Waals surface area contributed by atoms with E-state index in [2.05, 4.69) is 57.1 Å². The summed E-state index contributed by atoms with van der Waals surface area (Å²) in [6.07, 6.45) is 48.1. The van der Waals surface area contributed by atoms with Gasteiger partial charge in [0, 0.05) is 12.8 Å². The van der Waals surface area contributed by atoms with Crippen molar-refractivity contribution < 1.29 is 9.47 Å². The molecule has 0 amide bonds. The van der Waals surface area contributed by atoms with Crippen molar-refractivity contribution >= 4 is 0 Å². The van der Waals surface area contributed by atoms with Crippen LogP contribution in [-0.4, -0.2) is 44.0 Å². The van der Waals surface area contributed by atoms with E-state index in [1.165, 1.54) is 167 Å². The van der Waals surface area contributed by atoms with E-state index in [1.54, 1.807) is 0 Å². The molecule has 44 heavy (non-hydrogen) atoms. The summed E-state index contributed by atoms with van der Waals surface area (Å²) >= 11 is 0. The summed E-state index contributed by atoms with van der Waals surface area (Å²) in [5.74, 6) is -0.304. The number of allylic oxidation sites excluding steroid dienone is 4. The lowest BCUT2D eigenvalue weighted by Crippen LogP contribution is -2.31. The SMILES string of the molecule is CCCCCCC/C=C\CCCCCCCC1(CCCCCCC/C=C\CCCCCCCC)OCC(CCCN(C)C)O1. The van der Waals surface area contributed by atoms with Gasteiger partial charge in [0.05, 0.1) is 12.7 Å². The van der Waals surface area contributed by atoms with Crippen molar-refractivity contribution in [1.82, 2.24) is 4.90 Å². The Bertz CT molecular complexity index is 645. The molecule has 0 N–H and O–H groups in total. The van der Waals surface area contributed by atoms with Crippen molar-refractivity contribution in [2.75, 3.05) is 27.2 Å². The fourth-order valence-electron chi connectivity index (χ4n) is 6.53. The lowest BCUT2D eigenvalue weighted by Gasteiger charge is -2.28. The summed E-state index contributed by atoms with van der Waals surface area (Å²) in [5, 5.41) is 0. The van der Waals surface area contributed by atoms with Crippen LogP contribution in [0.15, 0.2) is 24.3 Å². The van der Waals surface area contributed by atoms with Crippen molar-refractivity contribution in [2.24, 2.45) is 0 Å². The number of unbranched alkanes of at least 4 members (excludes halogenated alkanes) is 21. The molecule has 1 fully saturated rings. The topological polar surface area (TPSA) is 21.7 Å². The molecule has 1 aliphatic heterocycles. The van der Waals surface area contributed by atoms with Crippen molar-refractivity contribution in [3.63, 3.8) is 0 Å². The minimum absolute atomic E-state index is 0.288. The zero-order valence-corrected chi connectivity index (χ0v) is 30.6. The molecule has 0 aliphatic carbocycles. The van der Waals surface area contributed by atoms with Gasteiger partial charge in [0.25, 0.3) is 0 Å². The number of hydrogen-bond acceptors (Lipinski definition) is 3. The maximum absolute atomic E-state index is 6.70. The summed E-state index contributed by atoms with van der Waals surface area (Å²) in [6, 6.07) is 0. The number of hydrogen-bond donors (Lipinski definition) is 0. The van der Waals surface area contributed by atoms with Gasteiger partial charge < -0.3 is 14.4 Å². The lowest BCUT2D eigenvalue weighted by molar-refractivity contribution is -0.180. The molecule has 0 aromatic heterocycles. The van der Waals surface area contributed by atoms with Crippen LogP contribution >= 0.6 is 0 Å². The van der Waals surface area contributed by atoms with Gasteiger partial charge in [-0.1, -0.05) is 134 Å². The summed E-state index contributed by atoms with van der Waals surface area (Å²) in [4.78, 5) is 2.28. The Morgan fingerprint density at radius 3 is 1.32 bits per heavy atom. The first kappa shape index (κ1) is 41.4. The standard InChI is InChI=1S/C41H79NO2/c1-5-7-9-11-13-15-17-19-21-23-25-27-29-31-33-37-41(43-39-40(44-41)35-34-38-42(3)4)36-32-30-28-26-24-22-20-18-16-14-12-10-8-6-2/h18-21,40H,5-17,22-39H2,1-4H3/b20-18-,21-19-. The highest BCUT2D eigenvalue weighted by molar-refractivity contribution is 4.83. The molecule has 2 unspecified atom stereocenters. The largest absolute Gasteiger partial charge is 0.347 e. The highest BCUT2D eigenvalue weighted by atomic mass is 16.7. The summed E-state index contributed by atoms with van der Waals surface area (Å²) in [5.41, 5.74) is 0. The molecule has 0 aromatic carbocycles. The average Bonchev–Trinajstić information content (AvgIpc) is 3.42. The molecule has 260 valence electrons. The molecule has 0 bridgehead atoms. The van der Waals surface area contributed by atoms with Crippen LogP contribution in [-0.2, 0) is 9.47 Å². The van der Waals surface area contributed by atoms with Crippen LogP contribution in [0, 0.1) is 0 Å². The predicted molar refractivity (Wildman–Crippen MR) is 196 cm³/mol. The molecule has 3 heteroatoms. The van der Waals surface area contributed by atoms with E-state index in [-0.39, 0.29) is 11.9 Å². The van der Waals surface area contributed by atoms with E-state index >= 15 is 0 Å². The number of rotatable bonds is 33. The Balaban J connectivity index is 2.19. The van der Waals surface area contributed by atoms with E-state index < -0.39 is 0 Å². The molecule has 0 spiro atoms. The maximum Gasteiger partial charge on any atom is 0.168 e. The highest BCUT2D eigenvalue weighted by Gasteiger charge is 2.40. The predicted octanol–water partition coefficient (Wildman–Crippen LogP) is 13.1. The molecule has 2 atom stereocenters. The molecule has 0 aromatic rings. The van der Waals surface area contributed by atoms with E-state index in [9.17, 15) is 0 Å². The fraction of sp³-hybridized carbons (Fsp3) is 0.902. The normalized spacial score (nSPS) is 19.0. The van der Waals surface area contributed by atoms with E-state index in [4.69, 9.17) is 9.47 Å². The molecule has 1 aliphatic rings. The average molecular weight is 618 g/mol. The third kappa shape index (κ3) is 25.5. The van der Waals surface area contributed by atoms with Crippen molar-refractivity contribution in [3.8, 4) is 0 Å². The van der Waals surface area contributed by atoms with Gasteiger partial charge in [-0.05, 0) is 97.7 Å². The Hall–Kier alpha value is -0.640. The van der Waals surface area contributed by atoms with Gasteiger partial charge in [0.1, 0.15) is 0 Å². The minimum Gasteiger partial charge on any atom is -0.347 e. The third-order valence-corrected chi connectivity index (χ3v) is 9.43. The van der Waals surface area contributed by atoms with Crippen molar-refractivity contribution in [2.45, 2.75) is 212 Å². The second-order valence-corrected chi connectivity index (χ2v) is 14.2. The van der Waals surface area contributed by atoms with Crippen LogP contribution in [0.2, 0.25) is 0 Å². The zero-order chi connectivity index (χ0) is 31.8. The lowest BCUT2D eigenvalue weighted by atomic mass is 9.99. The maximum atomic E-state index is 6.70. The molecule has 0 saturated carbocycles.